The molecule has 0 spiro atoms. The maximum Gasteiger partial charge on any atom is 0.308 e. The van der Waals surface area contributed by atoms with Crippen LogP contribution in [0.15, 0.2) is 73.1 Å². The molecule has 31 heavy (non-hydrogen) atoms. The molecule has 0 bridgehead atoms. The SMILES string of the molecule is Cc1ccccc1-c1ccc2ccc3c4c5c(ccc6c5p(c1c24)c1n6cc[n+]1C)C3. The Morgan fingerprint density at radius 1 is 0.806 bits per heavy atom. The lowest BCUT2D eigenvalue weighted by Gasteiger charge is -2.15. The van der Waals surface area contributed by atoms with Crippen molar-refractivity contribution >= 4 is 50.0 Å². The van der Waals surface area contributed by atoms with Crippen molar-refractivity contribution in [3.05, 3.63) is 89.7 Å². The Balaban J connectivity index is 1.80. The molecule has 3 heteroatoms. The minimum absolute atomic E-state index is 0.611. The number of rotatable bonds is 1. The highest BCUT2D eigenvalue weighted by Gasteiger charge is 2.30. The van der Waals surface area contributed by atoms with Crippen molar-refractivity contribution in [3.63, 3.8) is 0 Å². The highest BCUT2D eigenvalue weighted by Crippen LogP contribution is 2.58. The zero-order valence-corrected chi connectivity index (χ0v) is 18.4. The van der Waals surface area contributed by atoms with Crippen LogP contribution in [0.5, 0.6) is 0 Å². The third-order valence-corrected chi connectivity index (χ3v) is 10.2. The summed E-state index contributed by atoms with van der Waals surface area (Å²) in [5.41, 5.74) is 8.51. The smallest absolute Gasteiger partial charge is 0.229 e. The highest BCUT2D eigenvalue weighted by atomic mass is 31.1. The maximum absolute atomic E-state index is 2.45. The van der Waals surface area contributed by atoms with E-state index < -0.39 is 7.34 Å². The van der Waals surface area contributed by atoms with Gasteiger partial charge in [-0.25, -0.2) is 4.57 Å². The molecular weight excluding hydrogens is 395 g/mol. The van der Waals surface area contributed by atoms with Crippen LogP contribution in [0, 0.1) is 6.92 Å². The molecule has 0 saturated heterocycles. The Bertz CT molecular complexity index is 1880. The first-order valence-electron chi connectivity index (χ1n) is 10.9. The molecule has 1 aliphatic carbocycles. The van der Waals surface area contributed by atoms with Crippen LogP contribution in [-0.2, 0) is 13.5 Å². The first-order valence-corrected chi connectivity index (χ1v) is 12.2. The summed E-state index contributed by atoms with van der Waals surface area (Å²) in [6.07, 6.45) is 5.53. The van der Waals surface area contributed by atoms with Gasteiger partial charge < -0.3 is 0 Å². The summed E-state index contributed by atoms with van der Waals surface area (Å²) < 4.78 is 4.80. The quantitative estimate of drug-likeness (QED) is 0.155. The third-order valence-electron chi connectivity index (χ3n) is 7.43. The van der Waals surface area contributed by atoms with Crippen molar-refractivity contribution in [1.82, 2.24) is 4.40 Å². The van der Waals surface area contributed by atoms with Crippen molar-refractivity contribution in [1.29, 1.82) is 0 Å². The van der Waals surface area contributed by atoms with Crippen LogP contribution in [0.4, 0.5) is 0 Å². The van der Waals surface area contributed by atoms with E-state index >= 15 is 0 Å². The topological polar surface area (TPSA) is 8.29 Å². The molecule has 0 fully saturated rings. The molecule has 8 rings (SSSR count). The van der Waals surface area contributed by atoms with Gasteiger partial charge >= 0.3 is 5.38 Å². The molecule has 1 atom stereocenters. The largest absolute Gasteiger partial charge is 0.308 e. The van der Waals surface area contributed by atoms with E-state index in [1.165, 1.54) is 54.9 Å². The Labute approximate surface area is 180 Å². The normalized spacial score (nSPS) is 13.9. The molecule has 0 radical (unpaired) electrons. The van der Waals surface area contributed by atoms with E-state index in [9.17, 15) is 0 Å². The first-order chi connectivity index (χ1) is 15.2. The van der Waals surface area contributed by atoms with Gasteiger partial charge in [-0.2, -0.15) is 4.40 Å². The molecule has 1 aliphatic rings. The van der Waals surface area contributed by atoms with Crippen molar-refractivity contribution in [3.8, 4) is 11.1 Å². The number of hydrogen-bond acceptors (Lipinski definition) is 0. The fourth-order valence-corrected chi connectivity index (χ4v) is 9.30. The Morgan fingerprint density at radius 3 is 2.52 bits per heavy atom. The molecule has 3 aromatic heterocycles. The summed E-state index contributed by atoms with van der Waals surface area (Å²) in [6.45, 7) is 2.24. The molecule has 0 saturated carbocycles. The molecule has 0 amide bonds. The average Bonchev–Trinajstić information content (AvgIpc) is 3.44. The van der Waals surface area contributed by atoms with Crippen molar-refractivity contribution in [2.75, 3.05) is 0 Å². The first kappa shape index (κ1) is 16.4. The van der Waals surface area contributed by atoms with Gasteiger partial charge in [0.25, 0.3) is 0 Å². The number of hydrogen-bond donors (Lipinski definition) is 0. The summed E-state index contributed by atoms with van der Waals surface area (Å²) >= 11 is 0. The van der Waals surface area contributed by atoms with Gasteiger partial charge in [-0.1, -0.05) is 54.6 Å². The number of aryl methyl sites for hydroxylation is 2. The highest BCUT2D eigenvalue weighted by molar-refractivity contribution is 7.62. The van der Waals surface area contributed by atoms with Crippen molar-refractivity contribution < 1.29 is 4.57 Å². The number of fused-ring (bicyclic) bond motifs is 4. The lowest BCUT2D eigenvalue weighted by atomic mass is 9.95. The summed E-state index contributed by atoms with van der Waals surface area (Å²) in [7, 11) is 1.60. The molecule has 2 nitrogen and oxygen atoms in total. The Kier molecular flexibility index (Phi) is 2.78. The summed E-state index contributed by atoms with van der Waals surface area (Å²) in [6, 6.07) is 23.0. The van der Waals surface area contributed by atoms with Gasteiger partial charge in [0.05, 0.1) is 12.2 Å². The zero-order chi connectivity index (χ0) is 20.4. The molecule has 146 valence electrons. The van der Waals surface area contributed by atoms with Crippen LogP contribution in [0.25, 0.3) is 53.8 Å². The van der Waals surface area contributed by atoms with E-state index in [4.69, 9.17) is 0 Å². The predicted octanol–water partition coefficient (Wildman–Crippen LogP) is 6.98. The van der Waals surface area contributed by atoms with Crippen LogP contribution in [-0.4, -0.2) is 4.40 Å². The van der Waals surface area contributed by atoms with Crippen LogP contribution < -0.4 is 4.57 Å². The van der Waals surface area contributed by atoms with E-state index in [2.05, 4.69) is 96.0 Å². The van der Waals surface area contributed by atoms with Gasteiger partial charge in [-0.05, 0) is 58.0 Å². The van der Waals surface area contributed by atoms with Gasteiger partial charge in [0.15, 0.2) is 0 Å². The second-order valence-corrected chi connectivity index (χ2v) is 11.0. The van der Waals surface area contributed by atoms with Gasteiger partial charge in [0, 0.05) is 23.2 Å². The minimum Gasteiger partial charge on any atom is -0.229 e. The molecule has 7 aromatic rings. The van der Waals surface area contributed by atoms with Crippen LogP contribution in [0.3, 0.4) is 0 Å². The predicted molar refractivity (Wildman–Crippen MR) is 131 cm³/mol. The number of nitrogens with zero attached hydrogens (tertiary/aromatic N) is 2. The molecule has 4 aromatic carbocycles. The Morgan fingerprint density at radius 2 is 1.61 bits per heavy atom. The number of aromatic nitrogens is 2. The van der Waals surface area contributed by atoms with Crippen LogP contribution in [0.1, 0.15) is 16.7 Å². The van der Waals surface area contributed by atoms with Crippen LogP contribution in [0.2, 0.25) is 0 Å². The molecule has 0 N–H and O–H groups in total. The van der Waals surface area contributed by atoms with Crippen LogP contribution >= 0.6 is 7.34 Å². The van der Waals surface area contributed by atoms with Gasteiger partial charge in [0.1, 0.15) is 17.9 Å². The molecule has 0 aliphatic heterocycles. The summed E-state index contributed by atoms with van der Waals surface area (Å²) in [4.78, 5) is 0. The third kappa shape index (κ3) is 1.77. The summed E-state index contributed by atoms with van der Waals surface area (Å²) in [5, 5.41) is 10.5. The summed E-state index contributed by atoms with van der Waals surface area (Å²) in [5.74, 6) is 0. The second-order valence-electron chi connectivity index (χ2n) is 9.03. The molecule has 1 unspecified atom stereocenters. The average molecular weight is 415 g/mol. The van der Waals surface area contributed by atoms with Gasteiger partial charge in [-0.15, -0.1) is 0 Å². The number of benzene rings is 4. The standard InChI is InChI=1S/C28H20N2P/c1-16-5-3-4-6-20(16)21-11-9-17-7-8-18-15-19-10-12-22-27-25(19)23(18)24(17)26(21)31(27)28-29(2)13-14-30(22)28/h3-14H,15H2,1-2H3/q+1. The van der Waals surface area contributed by atoms with E-state index in [1.54, 1.807) is 15.6 Å². The monoisotopic (exact) mass is 415 g/mol. The van der Waals surface area contributed by atoms with Crippen molar-refractivity contribution in [2.45, 2.75) is 13.3 Å². The van der Waals surface area contributed by atoms with Crippen molar-refractivity contribution in [2.24, 2.45) is 7.05 Å². The lowest BCUT2D eigenvalue weighted by Crippen LogP contribution is -2.24. The molecular formula is C28H20N2P+. The van der Waals surface area contributed by atoms with E-state index in [1.807, 2.05) is 0 Å². The number of imidazole rings is 1. The van der Waals surface area contributed by atoms with E-state index in [0.29, 0.717) is 0 Å². The van der Waals surface area contributed by atoms with E-state index in [0.717, 1.165) is 6.42 Å². The fraction of sp³-hybridized carbons (Fsp3) is 0.107. The second kappa shape index (κ2) is 5.28. The zero-order valence-electron chi connectivity index (χ0n) is 17.5. The molecule has 3 heterocycles. The van der Waals surface area contributed by atoms with E-state index in [-0.39, 0.29) is 0 Å². The Hall–Kier alpha value is -3.35. The van der Waals surface area contributed by atoms with Gasteiger partial charge in [-0.3, -0.25) is 0 Å². The fourth-order valence-electron chi connectivity index (χ4n) is 6.11. The maximum atomic E-state index is 2.45. The van der Waals surface area contributed by atoms with Gasteiger partial charge in [0.2, 0.25) is 0 Å². The lowest BCUT2D eigenvalue weighted by molar-refractivity contribution is -0.642. The minimum atomic E-state index is -0.611.